The van der Waals surface area contributed by atoms with Gasteiger partial charge in [-0.15, -0.1) is 10.2 Å². The van der Waals surface area contributed by atoms with E-state index in [1.165, 1.54) is 18.2 Å². The number of carbonyl (C=O) groups excluding carboxylic acids is 1. The summed E-state index contributed by atoms with van der Waals surface area (Å²) in [6.07, 6.45) is 2.41. The van der Waals surface area contributed by atoms with Crippen LogP contribution in [0.1, 0.15) is 17.0 Å². The molecular weight excluding hydrogens is 429 g/mol. The van der Waals surface area contributed by atoms with Crippen LogP contribution in [0, 0.1) is 31.0 Å². The summed E-state index contributed by atoms with van der Waals surface area (Å²) in [5, 5.41) is 18.9. The number of sulfone groups is 1. The third-order valence-electron chi connectivity index (χ3n) is 4.16. The first-order valence-electron chi connectivity index (χ1n) is 8.51. The van der Waals surface area contributed by atoms with E-state index >= 15 is 0 Å². The summed E-state index contributed by atoms with van der Waals surface area (Å²) < 4.78 is 37.8. The van der Waals surface area contributed by atoms with Crippen molar-refractivity contribution >= 4 is 38.3 Å². The van der Waals surface area contributed by atoms with Crippen molar-refractivity contribution in [2.45, 2.75) is 18.2 Å². The second-order valence-electron chi connectivity index (χ2n) is 6.41. The van der Waals surface area contributed by atoms with Gasteiger partial charge >= 0.3 is 0 Å². The minimum absolute atomic E-state index is 0.0293. The number of anilines is 1. The Balaban J connectivity index is 1.90. The Hall–Kier alpha value is -3.36. The van der Waals surface area contributed by atoms with Crippen molar-refractivity contribution in [1.29, 1.82) is 5.26 Å². The van der Waals surface area contributed by atoms with Gasteiger partial charge in [-0.25, -0.2) is 12.8 Å². The molecule has 0 unspecified atom stereocenters. The van der Waals surface area contributed by atoms with E-state index in [9.17, 15) is 22.9 Å². The average molecular weight is 446 g/mol. The van der Waals surface area contributed by atoms with Crippen LogP contribution in [0.3, 0.4) is 0 Å². The molecule has 0 spiro atoms. The first kappa shape index (κ1) is 21.4. The van der Waals surface area contributed by atoms with Crippen molar-refractivity contribution in [3.63, 3.8) is 0 Å². The lowest BCUT2D eigenvalue weighted by molar-refractivity contribution is -0.112. The number of amides is 1. The molecule has 11 heteroatoms. The lowest BCUT2D eigenvalue weighted by atomic mass is 10.1. The van der Waals surface area contributed by atoms with Crippen molar-refractivity contribution in [2.24, 2.45) is 0 Å². The molecule has 2 aromatic heterocycles. The average Bonchev–Trinajstić information content (AvgIpc) is 3.25. The van der Waals surface area contributed by atoms with Crippen molar-refractivity contribution in [2.75, 3.05) is 11.6 Å². The van der Waals surface area contributed by atoms with E-state index in [2.05, 4.69) is 15.5 Å². The van der Waals surface area contributed by atoms with Crippen LogP contribution in [-0.4, -0.2) is 35.3 Å². The predicted molar refractivity (Wildman–Crippen MR) is 110 cm³/mol. The lowest BCUT2D eigenvalue weighted by Crippen LogP contribution is -2.13. The molecule has 0 saturated heterocycles. The highest BCUT2D eigenvalue weighted by molar-refractivity contribution is 7.92. The standard InChI is InChI=1S/C19H16FN5O3S2/c1-11-8-13(12(2)25(11)16-6-4-15(20)5-7-16)9-14(10-21)17(26)22-18-23-24-19(29-18)30(3,27)28/h4-9H,1-3H3,(H,22,23,26). The summed E-state index contributed by atoms with van der Waals surface area (Å²) >= 11 is 0.697. The van der Waals surface area contributed by atoms with E-state index < -0.39 is 15.7 Å². The Bertz CT molecular complexity index is 1300. The molecule has 3 rings (SSSR count). The fraction of sp³-hybridized carbons (Fsp3) is 0.158. The highest BCUT2D eigenvalue weighted by Crippen LogP contribution is 2.24. The van der Waals surface area contributed by atoms with Gasteiger partial charge in [-0.3, -0.25) is 10.1 Å². The van der Waals surface area contributed by atoms with Crippen LogP contribution < -0.4 is 5.32 Å². The number of hydrogen-bond donors (Lipinski definition) is 1. The maximum Gasteiger partial charge on any atom is 0.268 e. The Labute approximate surface area is 176 Å². The Morgan fingerprint density at radius 3 is 2.50 bits per heavy atom. The molecule has 0 saturated carbocycles. The minimum Gasteiger partial charge on any atom is -0.318 e. The maximum absolute atomic E-state index is 13.2. The van der Waals surface area contributed by atoms with Crippen molar-refractivity contribution < 1.29 is 17.6 Å². The molecule has 3 aromatic rings. The first-order chi connectivity index (χ1) is 14.1. The third-order valence-corrected chi connectivity index (χ3v) is 6.67. The van der Waals surface area contributed by atoms with Gasteiger partial charge in [0.2, 0.25) is 19.3 Å². The summed E-state index contributed by atoms with van der Waals surface area (Å²) in [5.74, 6) is -1.08. The van der Waals surface area contributed by atoms with Crippen molar-refractivity contribution in [1.82, 2.24) is 14.8 Å². The molecule has 154 valence electrons. The van der Waals surface area contributed by atoms with E-state index in [4.69, 9.17) is 0 Å². The molecular formula is C19H16FN5O3S2. The van der Waals surface area contributed by atoms with E-state index in [-0.39, 0.29) is 20.9 Å². The summed E-state index contributed by atoms with van der Waals surface area (Å²) in [7, 11) is -3.54. The maximum atomic E-state index is 13.2. The molecule has 2 heterocycles. The number of aromatic nitrogens is 3. The third kappa shape index (κ3) is 4.45. The Kier molecular flexibility index (Phi) is 5.82. The molecule has 1 N–H and O–H groups in total. The fourth-order valence-electron chi connectivity index (χ4n) is 2.80. The zero-order valence-corrected chi connectivity index (χ0v) is 17.8. The summed E-state index contributed by atoms with van der Waals surface area (Å²) in [6, 6.07) is 9.61. The number of nitriles is 1. The lowest BCUT2D eigenvalue weighted by Gasteiger charge is -2.09. The molecule has 1 amide bonds. The summed E-state index contributed by atoms with van der Waals surface area (Å²) in [5.41, 5.74) is 2.79. The first-order valence-corrected chi connectivity index (χ1v) is 11.2. The molecule has 8 nitrogen and oxygen atoms in total. The Morgan fingerprint density at radius 2 is 1.93 bits per heavy atom. The zero-order valence-electron chi connectivity index (χ0n) is 16.2. The van der Waals surface area contributed by atoms with Crippen LogP contribution >= 0.6 is 11.3 Å². The number of rotatable bonds is 5. The molecule has 0 atom stereocenters. The quantitative estimate of drug-likeness (QED) is 0.366. The minimum atomic E-state index is -3.54. The molecule has 30 heavy (non-hydrogen) atoms. The molecule has 0 fully saturated rings. The molecule has 0 aliphatic carbocycles. The van der Waals surface area contributed by atoms with Gasteiger partial charge in [0.1, 0.15) is 17.5 Å². The van der Waals surface area contributed by atoms with E-state index in [1.807, 2.05) is 24.5 Å². The molecule has 1 aromatic carbocycles. The van der Waals surface area contributed by atoms with Gasteiger partial charge in [-0.2, -0.15) is 5.26 Å². The van der Waals surface area contributed by atoms with E-state index in [0.717, 1.165) is 23.3 Å². The number of nitrogens with one attached hydrogen (secondary N) is 1. The number of nitrogens with zero attached hydrogens (tertiary/aromatic N) is 4. The van der Waals surface area contributed by atoms with Crippen LogP contribution in [-0.2, 0) is 14.6 Å². The van der Waals surface area contributed by atoms with E-state index in [1.54, 1.807) is 18.2 Å². The zero-order chi connectivity index (χ0) is 22.1. The highest BCUT2D eigenvalue weighted by Gasteiger charge is 2.18. The molecule has 0 aliphatic rings. The van der Waals surface area contributed by atoms with Gasteiger partial charge < -0.3 is 4.57 Å². The van der Waals surface area contributed by atoms with Gasteiger partial charge in [0, 0.05) is 23.3 Å². The second-order valence-corrected chi connectivity index (χ2v) is 9.57. The predicted octanol–water partition coefficient (Wildman–Crippen LogP) is 3.03. The fourth-order valence-corrected chi connectivity index (χ4v) is 4.30. The molecule has 0 aliphatic heterocycles. The SMILES string of the molecule is Cc1cc(C=C(C#N)C(=O)Nc2nnc(S(C)(=O)=O)s2)c(C)n1-c1ccc(F)cc1. The Morgan fingerprint density at radius 1 is 1.27 bits per heavy atom. The summed E-state index contributed by atoms with van der Waals surface area (Å²) in [4.78, 5) is 12.5. The van der Waals surface area contributed by atoms with Crippen molar-refractivity contribution in [3.8, 4) is 11.8 Å². The normalized spacial score (nSPS) is 11.9. The van der Waals surface area contributed by atoms with Gasteiger partial charge in [-0.1, -0.05) is 11.3 Å². The van der Waals surface area contributed by atoms with Crippen molar-refractivity contribution in [3.05, 3.63) is 58.7 Å². The number of aryl methyl sites for hydroxylation is 1. The van der Waals surface area contributed by atoms with Gasteiger partial charge in [0.25, 0.3) is 5.91 Å². The van der Waals surface area contributed by atoms with Crippen LogP contribution in [0.15, 0.2) is 40.2 Å². The van der Waals surface area contributed by atoms with Crippen LogP contribution in [0.5, 0.6) is 0 Å². The molecule has 0 bridgehead atoms. The van der Waals surface area contributed by atoms with Gasteiger partial charge in [0.05, 0.1) is 0 Å². The van der Waals surface area contributed by atoms with E-state index in [0.29, 0.717) is 16.9 Å². The topological polar surface area (TPSA) is 118 Å². The number of halogens is 1. The smallest absolute Gasteiger partial charge is 0.268 e. The monoisotopic (exact) mass is 445 g/mol. The second kappa shape index (κ2) is 8.17. The van der Waals surface area contributed by atoms with Crippen LogP contribution in [0.2, 0.25) is 0 Å². The van der Waals surface area contributed by atoms with Gasteiger partial charge in [0.15, 0.2) is 0 Å². The van der Waals surface area contributed by atoms with Gasteiger partial charge in [-0.05, 0) is 55.8 Å². The van der Waals surface area contributed by atoms with Crippen LogP contribution in [0.25, 0.3) is 11.8 Å². The van der Waals surface area contributed by atoms with Crippen LogP contribution in [0.4, 0.5) is 9.52 Å². The number of hydrogen-bond acceptors (Lipinski definition) is 7. The summed E-state index contributed by atoms with van der Waals surface area (Å²) in [6.45, 7) is 3.67. The molecule has 0 radical (unpaired) electrons. The number of carbonyl (C=O) groups is 1. The highest BCUT2D eigenvalue weighted by atomic mass is 32.2. The number of benzene rings is 1. The largest absolute Gasteiger partial charge is 0.318 e.